The maximum Gasteiger partial charge on any atom is 0.150 e. The molecule has 0 spiro atoms. The average Bonchev–Trinajstić information content (AvgIpc) is 2.32. The van der Waals surface area contributed by atoms with Crippen LogP contribution in [0.15, 0.2) is 30.3 Å². The van der Waals surface area contributed by atoms with Gasteiger partial charge in [0.05, 0.1) is 5.69 Å². The monoisotopic (exact) mass is 245 g/mol. The van der Waals surface area contributed by atoms with Gasteiger partial charge in [0.15, 0.2) is 5.75 Å². The van der Waals surface area contributed by atoms with Crippen LogP contribution < -0.4 is 10.5 Å². The minimum Gasteiger partial charge on any atom is -0.455 e. The second kappa shape index (κ2) is 4.69. The molecule has 18 heavy (non-hydrogen) atoms. The van der Waals surface area contributed by atoms with Gasteiger partial charge in [-0.05, 0) is 49.6 Å². The van der Waals surface area contributed by atoms with Crippen molar-refractivity contribution in [2.24, 2.45) is 0 Å². The molecule has 0 saturated carbocycles. The number of nitrogens with two attached hydrogens (primary N) is 1. The minimum absolute atomic E-state index is 0.301. The van der Waals surface area contributed by atoms with Gasteiger partial charge in [0.2, 0.25) is 0 Å². The molecule has 0 unspecified atom stereocenters. The van der Waals surface area contributed by atoms with Gasteiger partial charge in [-0.1, -0.05) is 12.1 Å². The smallest absolute Gasteiger partial charge is 0.150 e. The Hall–Kier alpha value is -2.03. The van der Waals surface area contributed by atoms with E-state index in [-0.39, 0.29) is 5.82 Å². The Bertz CT molecular complexity index is 593. The van der Waals surface area contributed by atoms with E-state index in [1.54, 1.807) is 6.07 Å². The highest BCUT2D eigenvalue weighted by Crippen LogP contribution is 2.33. The van der Waals surface area contributed by atoms with Crippen molar-refractivity contribution < 1.29 is 9.13 Å². The molecular formula is C15H16FNO. The predicted octanol–water partition coefficient (Wildman–Crippen LogP) is 4.13. The van der Waals surface area contributed by atoms with Crippen molar-refractivity contribution in [1.29, 1.82) is 0 Å². The molecule has 0 aromatic heterocycles. The first-order chi connectivity index (χ1) is 8.49. The number of aryl methyl sites for hydroxylation is 2. The molecule has 0 aliphatic rings. The molecule has 0 atom stereocenters. The van der Waals surface area contributed by atoms with E-state index in [0.717, 1.165) is 22.4 Å². The SMILES string of the molecule is Cc1ccc(C)c(Oc2ccc(F)cc2N)c1C. The molecule has 2 aromatic rings. The number of halogens is 1. The third-order valence-electron chi connectivity index (χ3n) is 3.06. The number of ether oxygens (including phenoxy) is 1. The Morgan fingerprint density at radius 3 is 2.33 bits per heavy atom. The van der Waals surface area contributed by atoms with Gasteiger partial charge in [0.1, 0.15) is 11.6 Å². The number of anilines is 1. The molecule has 2 rings (SSSR count). The lowest BCUT2D eigenvalue weighted by molar-refractivity contribution is 0.475. The minimum atomic E-state index is -0.363. The number of rotatable bonds is 2. The summed E-state index contributed by atoms with van der Waals surface area (Å²) >= 11 is 0. The number of nitrogen functional groups attached to an aromatic ring is 1. The van der Waals surface area contributed by atoms with E-state index in [1.807, 2.05) is 32.9 Å². The van der Waals surface area contributed by atoms with Gasteiger partial charge < -0.3 is 10.5 Å². The zero-order valence-corrected chi connectivity index (χ0v) is 10.8. The zero-order chi connectivity index (χ0) is 13.3. The van der Waals surface area contributed by atoms with Crippen LogP contribution >= 0.6 is 0 Å². The van der Waals surface area contributed by atoms with Crippen LogP contribution in [0.3, 0.4) is 0 Å². The fraction of sp³-hybridized carbons (Fsp3) is 0.200. The first kappa shape index (κ1) is 12.4. The fourth-order valence-corrected chi connectivity index (χ4v) is 1.80. The summed E-state index contributed by atoms with van der Waals surface area (Å²) in [5.74, 6) is 0.902. The van der Waals surface area contributed by atoms with Crippen molar-refractivity contribution in [3.05, 3.63) is 52.8 Å². The Morgan fingerprint density at radius 1 is 1.00 bits per heavy atom. The van der Waals surface area contributed by atoms with E-state index in [9.17, 15) is 4.39 Å². The molecule has 2 aromatic carbocycles. The molecule has 0 saturated heterocycles. The normalized spacial score (nSPS) is 10.4. The largest absolute Gasteiger partial charge is 0.455 e. The second-order valence-corrected chi connectivity index (χ2v) is 4.44. The van der Waals surface area contributed by atoms with Crippen molar-refractivity contribution in [3.8, 4) is 11.5 Å². The molecule has 2 N–H and O–H groups in total. The number of hydrogen-bond acceptors (Lipinski definition) is 2. The molecule has 94 valence electrons. The Morgan fingerprint density at radius 2 is 1.67 bits per heavy atom. The van der Waals surface area contributed by atoms with Crippen LogP contribution in [0.4, 0.5) is 10.1 Å². The van der Waals surface area contributed by atoms with Gasteiger partial charge in [-0.25, -0.2) is 4.39 Å². The van der Waals surface area contributed by atoms with Gasteiger partial charge in [-0.15, -0.1) is 0 Å². The summed E-state index contributed by atoms with van der Waals surface area (Å²) < 4.78 is 18.8. The number of hydrogen-bond donors (Lipinski definition) is 1. The van der Waals surface area contributed by atoms with Gasteiger partial charge in [0.25, 0.3) is 0 Å². The molecule has 0 aliphatic heterocycles. The molecule has 0 heterocycles. The quantitative estimate of drug-likeness (QED) is 0.807. The Kier molecular flexibility index (Phi) is 3.24. The van der Waals surface area contributed by atoms with E-state index >= 15 is 0 Å². The summed E-state index contributed by atoms with van der Waals surface area (Å²) in [6.45, 7) is 5.99. The second-order valence-electron chi connectivity index (χ2n) is 4.44. The van der Waals surface area contributed by atoms with Crippen LogP contribution in [0.25, 0.3) is 0 Å². The van der Waals surface area contributed by atoms with Gasteiger partial charge in [-0.2, -0.15) is 0 Å². The predicted molar refractivity (Wildman–Crippen MR) is 71.5 cm³/mol. The van der Waals surface area contributed by atoms with Crippen molar-refractivity contribution in [3.63, 3.8) is 0 Å². The maximum atomic E-state index is 13.0. The summed E-state index contributed by atoms with van der Waals surface area (Å²) in [5, 5.41) is 0. The first-order valence-corrected chi connectivity index (χ1v) is 5.78. The van der Waals surface area contributed by atoms with Crippen molar-refractivity contribution >= 4 is 5.69 Å². The molecule has 0 aliphatic carbocycles. The summed E-state index contributed by atoms with van der Waals surface area (Å²) in [5.41, 5.74) is 9.29. The van der Waals surface area contributed by atoms with Crippen LogP contribution in [0.5, 0.6) is 11.5 Å². The fourth-order valence-electron chi connectivity index (χ4n) is 1.80. The highest BCUT2D eigenvalue weighted by atomic mass is 19.1. The van der Waals surface area contributed by atoms with Crippen molar-refractivity contribution in [1.82, 2.24) is 0 Å². The molecule has 0 bridgehead atoms. The van der Waals surface area contributed by atoms with E-state index in [0.29, 0.717) is 11.4 Å². The van der Waals surface area contributed by atoms with Crippen LogP contribution in [0.2, 0.25) is 0 Å². The van der Waals surface area contributed by atoms with Crippen molar-refractivity contribution in [2.75, 3.05) is 5.73 Å². The Balaban J connectivity index is 2.43. The third kappa shape index (κ3) is 2.30. The van der Waals surface area contributed by atoms with E-state index in [2.05, 4.69) is 0 Å². The lowest BCUT2D eigenvalue weighted by Gasteiger charge is -2.14. The van der Waals surface area contributed by atoms with Crippen molar-refractivity contribution in [2.45, 2.75) is 20.8 Å². The standard InChI is InChI=1S/C15H16FNO/c1-9-4-5-10(2)15(11(9)3)18-14-7-6-12(16)8-13(14)17/h4-8H,17H2,1-3H3. The topological polar surface area (TPSA) is 35.2 Å². The summed E-state index contributed by atoms with van der Waals surface area (Å²) in [6.07, 6.45) is 0. The maximum absolute atomic E-state index is 13.0. The van der Waals surface area contributed by atoms with E-state index in [1.165, 1.54) is 12.1 Å². The van der Waals surface area contributed by atoms with E-state index in [4.69, 9.17) is 10.5 Å². The number of benzene rings is 2. The molecular weight excluding hydrogens is 229 g/mol. The molecule has 0 fully saturated rings. The lowest BCUT2D eigenvalue weighted by Crippen LogP contribution is -1.97. The van der Waals surface area contributed by atoms with Crippen LogP contribution in [-0.4, -0.2) is 0 Å². The van der Waals surface area contributed by atoms with Gasteiger partial charge >= 0.3 is 0 Å². The zero-order valence-electron chi connectivity index (χ0n) is 10.8. The summed E-state index contributed by atoms with van der Waals surface area (Å²) in [7, 11) is 0. The van der Waals surface area contributed by atoms with Crippen LogP contribution in [0.1, 0.15) is 16.7 Å². The Labute approximate surface area is 106 Å². The first-order valence-electron chi connectivity index (χ1n) is 5.78. The van der Waals surface area contributed by atoms with Gasteiger partial charge in [0, 0.05) is 6.07 Å². The lowest BCUT2D eigenvalue weighted by atomic mass is 10.1. The van der Waals surface area contributed by atoms with Gasteiger partial charge in [-0.3, -0.25) is 0 Å². The highest BCUT2D eigenvalue weighted by Gasteiger charge is 2.10. The highest BCUT2D eigenvalue weighted by molar-refractivity contribution is 5.56. The molecule has 3 heteroatoms. The summed E-state index contributed by atoms with van der Waals surface area (Å²) in [4.78, 5) is 0. The average molecular weight is 245 g/mol. The van der Waals surface area contributed by atoms with E-state index < -0.39 is 0 Å². The molecule has 0 amide bonds. The van der Waals surface area contributed by atoms with Crippen LogP contribution in [0, 0.1) is 26.6 Å². The molecule has 0 radical (unpaired) electrons. The van der Waals surface area contributed by atoms with Crippen LogP contribution in [-0.2, 0) is 0 Å². The molecule has 2 nitrogen and oxygen atoms in total. The summed E-state index contributed by atoms with van der Waals surface area (Å²) in [6, 6.07) is 8.19. The third-order valence-corrected chi connectivity index (χ3v) is 3.06.